The van der Waals surface area contributed by atoms with Crippen LogP contribution in [0.15, 0.2) is 66.7 Å². The lowest BCUT2D eigenvalue weighted by atomic mass is 10.1. The summed E-state index contributed by atoms with van der Waals surface area (Å²) in [7, 11) is 0. The fourth-order valence-corrected chi connectivity index (χ4v) is 5.46. The minimum Gasteiger partial charge on any atom is -0.384 e. The predicted molar refractivity (Wildman–Crippen MR) is 159 cm³/mol. The van der Waals surface area contributed by atoms with Gasteiger partial charge in [-0.2, -0.15) is 13.2 Å². The zero-order chi connectivity index (χ0) is 30.6. The second-order valence-electron chi connectivity index (χ2n) is 10.8. The van der Waals surface area contributed by atoms with Crippen LogP contribution in [0.2, 0.25) is 0 Å². The SMILES string of the molecule is N=C(N)c1ccc(CCc2nc3cc(C(=O)N(CCN)Cc4cccc(C(F)(F)F)c4)ccc3n2CC2CCCO2)cc1. The lowest BCUT2D eigenvalue weighted by Gasteiger charge is -2.23. The van der Waals surface area contributed by atoms with Crippen molar-refractivity contribution in [3.05, 3.63) is 100 Å². The molecule has 1 aromatic heterocycles. The van der Waals surface area contributed by atoms with Crippen molar-refractivity contribution in [1.29, 1.82) is 5.41 Å². The van der Waals surface area contributed by atoms with Gasteiger partial charge in [0.05, 0.1) is 29.2 Å². The van der Waals surface area contributed by atoms with Crippen molar-refractivity contribution in [2.75, 3.05) is 19.7 Å². The molecule has 1 saturated heterocycles. The number of aryl methyl sites for hydroxylation is 2. The van der Waals surface area contributed by atoms with E-state index in [0.29, 0.717) is 35.2 Å². The van der Waals surface area contributed by atoms with Gasteiger partial charge in [0.1, 0.15) is 11.7 Å². The molecule has 11 heteroatoms. The Balaban J connectivity index is 1.41. The number of carbonyl (C=O) groups is 1. The van der Waals surface area contributed by atoms with E-state index in [1.807, 2.05) is 30.3 Å². The minimum absolute atomic E-state index is 0.000875. The molecular weight excluding hydrogens is 557 g/mol. The molecule has 1 aliphatic heterocycles. The number of halogens is 3. The molecule has 1 fully saturated rings. The van der Waals surface area contributed by atoms with Crippen LogP contribution in [0.3, 0.4) is 0 Å². The van der Waals surface area contributed by atoms with Gasteiger partial charge in [-0.1, -0.05) is 36.4 Å². The number of imidazole rings is 1. The number of hydrogen-bond donors (Lipinski definition) is 3. The first kappa shape index (κ1) is 30.2. The number of amidine groups is 1. The van der Waals surface area contributed by atoms with E-state index in [1.54, 1.807) is 18.2 Å². The maximum atomic E-state index is 13.6. The van der Waals surface area contributed by atoms with Gasteiger partial charge in [-0.3, -0.25) is 10.2 Å². The highest BCUT2D eigenvalue weighted by atomic mass is 19.4. The van der Waals surface area contributed by atoms with Crippen LogP contribution >= 0.6 is 0 Å². The van der Waals surface area contributed by atoms with Crippen LogP contribution in [0.25, 0.3) is 11.0 Å². The number of nitrogens with zero attached hydrogens (tertiary/aromatic N) is 3. The maximum Gasteiger partial charge on any atom is 0.416 e. The van der Waals surface area contributed by atoms with Crippen molar-refractivity contribution in [2.24, 2.45) is 11.5 Å². The molecule has 4 aromatic rings. The molecule has 5 rings (SSSR count). The van der Waals surface area contributed by atoms with Crippen LogP contribution < -0.4 is 11.5 Å². The summed E-state index contributed by atoms with van der Waals surface area (Å²) in [6.45, 7) is 1.74. The van der Waals surface area contributed by atoms with Crippen molar-refractivity contribution < 1.29 is 22.7 Å². The van der Waals surface area contributed by atoms with Crippen LogP contribution in [-0.4, -0.2) is 52.0 Å². The fourth-order valence-electron chi connectivity index (χ4n) is 5.46. The third-order valence-corrected chi connectivity index (χ3v) is 7.70. The summed E-state index contributed by atoms with van der Waals surface area (Å²) in [6, 6.07) is 17.9. The van der Waals surface area contributed by atoms with Gasteiger partial charge in [0.2, 0.25) is 0 Å². The highest BCUT2D eigenvalue weighted by Gasteiger charge is 2.30. The molecule has 5 N–H and O–H groups in total. The Bertz CT molecular complexity index is 1590. The second-order valence-corrected chi connectivity index (χ2v) is 10.8. The summed E-state index contributed by atoms with van der Waals surface area (Å²) >= 11 is 0. The van der Waals surface area contributed by atoms with Gasteiger partial charge in [0.15, 0.2) is 0 Å². The first-order valence-electron chi connectivity index (χ1n) is 14.3. The van der Waals surface area contributed by atoms with Gasteiger partial charge in [0.25, 0.3) is 5.91 Å². The number of amides is 1. The standard InChI is InChI=1S/C32H35F3N6O2/c33-32(34,35)25-4-1-3-22(17-25)19-40(15-14-36)31(42)24-11-12-28-27(18-24)39-29(41(28)20-26-5-2-16-43-26)13-8-21-6-9-23(10-7-21)30(37)38/h1,3-4,6-7,9-12,17-18,26H,2,5,8,13-16,19-20,36H2,(H3,37,38). The summed E-state index contributed by atoms with van der Waals surface area (Å²) in [5.74, 6) is 0.564. The monoisotopic (exact) mass is 592 g/mol. The van der Waals surface area contributed by atoms with E-state index in [9.17, 15) is 18.0 Å². The van der Waals surface area contributed by atoms with E-state index in [4.69, 9.17) is 26.6 Å². The molecule has 1 amide bonds. The van der Waals surface area contributed by atoms with Gasteiger partial charge in [0, 0.05) is 43.8 Å². The number of fused-ring (bicyclic) bond motifs is 1. The maximum absolute atomic E-state index is 13.6. The van der Waals surface area contributed by atoms with Gasteiger partial charge in [-0.25, -0.2) is 4.98 Å². The Hall–Kier alpha value is -4.22. The zero-order valence-corrected chi connectivity index (χ0v) is 23.7. The van der Waals surface area contributed by atoms with Crippen molar-refractivity contribution in [3.8, 4) is 0 Å². The summed E-state index contributed by atoms with van der Waals surface area (Å²) in [4.78, 5) is 20.0. The lowest BCUT2D eigenvalue weighted by molar-refractivity contribution is -0.137. The van der Waals surface area contributed by atoms with Crippen molar-refractivity contribution >= 4 is 22.8 Å². The van der Waals surface area contributed by atoms with E-state index in [-0.39, 0.29) is 37.5 Å². The number of ether oxygens (including phenoxy) is 1. The third kappa shape index (κ3) is 7.23. The molecule has 3 aromatic carbocycles. The van der Waals surface area contributed by atoms with E-state index < -0.39 is 11.7 Å². The highest BCUT2D eigenvalue weighted by molar-refractivity contribution is 5.97. The predicted octanol–water partition coefficient (Wildman–Crippen LogP) is 4.90. The Morgan fingerprint density at radius 3 is 2.49 bits per heavy atom. The van der Waals surface area contributed by atoms with E-state index in [1.165, 1.54) is 11.0 Å². The minimum atomic E-state index is -4.47. The van der Waals surface area contributed by atoms with Gasteiger partial charge in [-0.05, 0) is 60.7 Å². The van der Waals surface area contributed by atoms with Gasteiger partial charge >= 0.3 is 6.18 Å². The van der Waals surface area contributed by atoms with Crippen LogP contribution in [0.4, 0.5) is 13.2 Å². The number of nitrogen functional groups attached to an aromatic ring is 1. The van der Waals surface area contributed by atoms with Gasteiger partial charge < -0.3 is 25.7 Å². The molecule has 0 spiro atoms. The molecule has 1 atom stereocenters. The topological polar surface area (TPSA) is 123 Å². The quantitative estimate of drug-likeness (QED) is 0.169. The smallest absolute Gasteiger partial charge is 0.384 e. The van der Waals surface area contributed by atoms with E-state index >= 15 is 0 Å². The molecule has 0 aliphatic carbocycles. The first-order valence-corrected chi connectivity index (χ1v) is 14.3. The lowest BCUT2D eigenvalue weighted by Crippen LogP contribution is -2.35. The molecular formula is C32H35F3N6O2. The Morgan fingerprint density at radius 1 is 1.05 bits per heavy atom. The van der Waals surface area contributed by atoms with Crippen molar-refractivity contribution in [3.63, 3.8) is 0 Å². The van der Waals surface area contributed by atoms with Crippen LogP contribution in [-0.2, 0) is 36.8 Å². The fraction of sp³-hybridized carbons (Fsp3) is 0.344. The number of nitrogens with two attached hydrogens (primary N) is 2. The molecule has 0 saturated carbocycles. The van der Waals surface area contributed by atoms with Crippen molar-refractivity contribution in [2.45, 2.75) is 51.1 Å². The average Bonchev–Trinajstić information content (AvgIpc) is 3.63. The molecule has 43 heavy (non-hydrogen) atoms. The van der Waals surface area contributed by atoms with E-state index in [0.717, 1.165) is 54.9 Å². The highest BCUT2D eigenvalue weighted by Crippen LogP contribution is 2.30. The molecule has 8 nitrogen and oxygen atoms in total. The number of carbonyl (C=O) groups excluding carboxylic acids is 1. The Morgan fingerprint density at radius 2 is 1.81 bits per heavy atom. The van der Waals surface area contributed by atoms with E-state index in [2.05, 4.69) is 4.57 Å². The van der Waals surface area contributed by atoms with Crippen LogP contribution in [0, 0.1) is 5.41 Å². The number of nitrogens with one attached hydrogen (secondary N) is 1. The summed E-state index contributed by atoms with van der Waals surface area (Å²) < 4.78 is 47.8. The number of aromatic nitrogens is 2. The summed E-state index contributed by atoms with van der Waals surface area (Å²) in [6.07, 6.45) is -1.04. The normalized spacial score (nSPS) is 15.2. The van der Waals surface area contributed by atoms with Gasteiger partial charge in [-0.15, -0.1) is 0 Å². The second kappa shape index (κ2) is 13.0. The number of hydrogen-bond acceptors (Lipinski definition) is 5. The van der Waals surface area contributed by atoms with Crippen LogP contribution in [0.5, 0.6) is 0 Å². The largest absolute Gasteiger partial charge is 0.416 e. The molecule has 1 aliphatic rings. The number of alkyl halides is 3. The Labute approximate surface area is 248 Å². The first-order chi connectivity index (χ1) is 20.6. The summed E-state index contributed by atoms with van der Waals surface area (Å²) in [5, 5.41) is 7.60. The average molecular weight is 593 g/mol. The molecule has 0 radical (unpaired) electrons. The molecule has 226 valence electrons. The molecule has 2 heterocycles. The number of rotatable bonds is 11. The third-order valence-electron chi connectivity index (χ3n) is 7.70. The Kier molecular flexibility index (Phi) is 9.12. The molecule has 0 bridgehead atoms. The van der Waals surface area contributed by atoms with Crippen molar-refractivity contribution in [1.82, 2.24) is 14.5 Å². The molecule has 1 unspecified atom stereocenters. The summed E-state index contributed by atoms with van der Waals surface area (Å²) in [5.41, 5.74) is 14.7. The van der Waals surface area contributed by atoms with Crippen LogP contribution in [0.1, 0.15) is 51.3 Å². The number of benzene rings is 3. The zero-order valence-electron chi connectivity index (χ0n) is 23.7.